The van der Waals surface area contributed by atoms with E-state index in [1.54, 1.807) is 7.11 Å². The summed E-state index contributed by atoms with van der Waals surface area (Å²) < 4.78 is 5.30. The first-order valence-electron chi connectivity index (χ1n) is 5.28. The Kier molecular flexibility index (Phi) is 4.91. The van der Waals surface area contributed by atoms with E-state index in [-0.39, 0.29) is 0 Å². The zero-order valence-corrected chi connectivity index (χ0v) is 9.71. The minimum Gasteiger partial charge on any atom is -0.496 e. The number of benzene rings is 1. The topological polar surface area (TPSA) is 21.3 Å². The zero-order valence-electron chi connectivity index (χ0n) is 9.71. The Morgan fingerprint density at radius 3 is 2.73 bits per heavy atom. The molecule has 1 N–H and O–H groups in total. The molecule has 0 saturated carbocycles. The van der Waals surface area contributed by atoms with Gasteiger partial charge in [-0.3, -0.25) is 0 Å². The van der Waals surface area contributed by atoms with Crippen LogP contribution in [-0.2, 0) is 0 Å². The van der Waals surface area contributed by atoms with Crippen molar-refractivity contribution in [2.24, 2.45) is 0 Å². The Morgan fingerprint density at radius 1 is 1.40 bits per heavy atom. The standard InChI is InChI=1S/C13H19NO/c1-4-11(10-14-2)9-12-7-5-6-8-13(12)15-3/h5-9,14H,4,10H2,1-3H3. The lowest BCUT2D eigenvalue weighted by Crippen LogP contribution is -2.09. The molecule has 82 valence electrons. The lowest BCUT2D eigenvalue weighted by Gasteiger charge is -2.07. The van der Waals surface area contributed by atoms with Crippen LogP contribution in [0.1, 0.15) is 18.9 Å². The molecule has 0 aliphatic rings. The summed E-state index contributed by atoms with van der Waals surface area (Å²) in [6.45, 7) is 3.09. The second kappa shape index (κ2) is 6.25. The molecule has 0 fully saturated rings. The monoisotopic (exact) mass is 205 g/mol. The number of methoxy groups -OCH3 is 1. The quantitative estimate of drug-likeness (QED) is 0.798. The summed E-state index contributed by atoms with van der Waals surface area (Å²) in [6.07, 6.45) is 3.24. The SMILES string of the molecule is CCC(=Cc1ccccc1OC)CNC. The lowest BCUT2D eigenvalue weighted by molar-refractivity contribution is 0.414. The lowest BCUT2D eigenvalue weighted by atomic mass is 10.1. The number of hydrogen-bond acceptors (Lipinski definition) is 2. The average molecular weight is 205 g/mol. The van der Waals surface area contributed by atoms with E-state index >= 15 is 0 Å². The van der Waals surface area contributed by atoms with Gasteiger partial charge in [0.25, 0.3) is 0 Å². The van der Waals surface area contributed by atoms with Crippen molar-refractivity contribution < 1.29 is 4.74 Å². The van der Waals surface area contributed by atoms with Gasteiger partial charge in [0.05, 0.1) is 7.11 Å². The first kappa shape index (κ1) is 11.8. The molecule has 1 rings (SSSR count). The van der Waals surface area contributed by atoms with Gasteiger partial charge in [-0.2, -0.15) is 0 Å². The van der Waals surface area contributed by atoms with Gasteiger partial charge in [0.1, 0.15) is 5.75 Å². The molecular formula is C13H19NO. The zero-order chi connectivity index (χ0) is 11.1. The van der Waals surface area contributed by atoms with Crippen LogP contribution in [0.3, 0.4) is 0 Å². The Balaban J connectivity index is 2.94. The average Bonchev–Trinajstić information content (AvgIpc) is 2.29. The van der Waals surface area contributed by atoms with Gasteiger partial charge in [0.2, 0.25) is 0 Å². The third-order valence-corrected chi connectivity index (χ3v) is 2.36. The molecule has 1 aromatic carbocycles. The van der Waals surface area contributed by atoms with Crippen LogP contribution in [0.15, 0.2) is 29.8 Å². The molecular weight excluding hydrogens is 186 g/mol. The van der Waals surface area contributed by atoms with Gasteiger partial charge in [-0.15, -0.1) is 0 Å². The Bertz CT molecular complexity index is 331. The van der Waals surface area contributed by atoms with Crippen molar-refractivity contribution in [2.45, 2.75) is 13.3 Å². The van der Waals surface area contributed by atoms with Crippen molar-refractivity contribution in [3.63, 3.8) is 0 Å². The molecule has 2 nitrogen and oxygen atoms in total. The van der Waals surface area contributed by atoms with Crippen molar-refractivity contribution >= 4 is 6.08 Å². The maximum atomic E-state index is 5.30. The fourth-order valence-corrected chi connectivity index (χ4v) is 1.51. The van der Waals surface area contributed by atoms with Crippen molar-refractivity contribution in [1.29, 1.82) is 0 Å². The van der Waals surface area contributed by atoms with E-state index in [9.17, 15) is 0 Å². The molecule has 0 heterocycles. The highest BCUT2D eigenvalue weighted by Gasteiger charge is 1.99. The van der Waals surface area contributed by atoms with Crippen LogP contribution >= 0.6 is 0 Å². The van der Waals surface area contributed by atoms with Gasteiger partial charge in [0, 0.05) is 12.1 Å². The number of likely N-dealkylation sites (N-methyl/N-ethyl adjacent to an activating group) is 1. The normalized spacial score (nSPS) is 11.5. The number of hydrogen-bond donors (Lipinski definition) is 1. The molecule has 1 aromatic rings. The van der Waals surface area contributed by atoms with Gasteiger partial charge in [-0.05, 0) is 19.5 Å². The van der Waals surface area contributed by atoms with E-state index in [4.69, 9.17) is 4.74 Å². The largest absolute Gasteiger partial charge is 0.496 e. The van der Waals surface area contributed by atoms with Crippen molar-refractivity contribution in [2.75, 3.05) is 20.7 Å². The first-order chi connectivity index (χ1) is 7.31. The van der Waals surface area contributed by atoms with E-state index in [0.29, 0.717) is 0 Å². The molecule has 0 aromatic heterocycles. The summed E-state index contributed by atoms with van der Waals surface area (Å²) in [7, 11) is 3.67. The Labute approximate surface area is 92.0 Å². The van der Waals surface area contributed by atoms with Gasteiger partial charge < -0.3 is 10.1 Å². The van der Waals surface area contributed by atoms with Crippen LogP contribution in [0.4, 0.5) is 0 Å². The van der Waals surface area contributed by atoms with E-state index in [1.165, 1.54) is 5.57 Å². The molecule has 0 saturated heterocycles. The van der Waals surface area contributed by atoms with Gasteiger partial charge >= 0.3 is 0 Å². The molecule has 0 aliphatic heterocycles. The van der Waals surface area contributed by atoms with Crippen LogP contribution in [0.5, 0.6) is 5.75 Å². The van der Waals surface area contributed by atoms with Gasteiger partial charge in [-0.25, -0.2) is 0 Å². The molecule has 2 heteroatoms. The highest BCUT2D eigenvalue weighted by atomic mass is 16.5. The Morgan fingerprint density at radius 2 is 2.13 bits per heavy atom. The molecule has 15 heavy (non-hydrogen) atoms. The third kappa shape index (κ3) is 3.40. The van der Waals surface area contributed by atoms with Gasteiger partial charge in [0.15, 0.2) is 0 Å². The number of nitrogens with one attached hydrogen (secondary N) is 1. The molecule has 0 amide bonds. The molecule has 0 unspecified atom stereocenters. The van der Waals surface area contributed by atoms with E-state index in [1.807, 2.05) is 25.2 Å². The smallest absolute Gasteiger partial charge is 0.126 e. The van der Waals surface area contributed by atoms with Crippen LogP contribution < -0.4 is 10.1 Å². The van der Waals surface area contributed by atoms with Crippen LogP contribution in [0.25, 0.3) is 6.08 Å². The van der Waals surface area contributed by atoms with E-state index < -0.39 is 0 Å². The summed E-state index contributed by atoms with van der Waals surface area (Å²) in [5.41, 5.74) is 2.52. The predicted molar refractivity (Wildman–Crippen MR) is 65.2 cm³/mol. The molecule has 0 radical (unpaired) electrons. The maximum absolute atomic E-state index is 5.30. The Hall–Kier alpha value is -1.28. The fraction of sp³-hybridized carbons (Fsp3) is 0.385. The van der Waals surface area contributed by atoms with E-state index in [2.05, 4.69) is 24.4 Å². The van der Waals surface area contributed by atoms with Gasteiger partial charge in [-0.1, -0.05) is 36.8 Å². The summed E-state index contributed by atoms with van der Waals surface area (Å²) in [5.74, 6) is 0.930. The highest BCUT2D eigenvalue weighted by Crippen LogP contribution is 2.20. The third-order valence-electron chi connectivity index (χ3n) is 2.36. The molecule has 0 aliphatic carbocycles. The number of para-hydroxylation sites is 1. The molecule has 0 spiro atoms. The second-order valence-corrected chi connectivity index (χ2v) is 3.43. The number of rotatable bonds is 5. The predicted octanol–water partition coefficient (Wildman–Crippen LogP) is 2.71. The maximum Gasteiger partial charge on any atom is 0.126 e. The summed E-state index contributed by atoms with van der Waals surface area (Å²) >= 11 is 0. The van der Waals surface area contributed by atoms with Crippen molar-refractivity contribution in [1.82, 2.24) is 5.32 Å². The van der Waals surface area contributed by atoms with E-state index in [0.717, 1.165) is 24.3 Å². The second-order valence-electron chi connectivity index (χ2n) is 3.43. The summed E-state index contributed by atoms with van der Waals surface area (Å²) in [5, 5.41) is 3.17. The first-order valence-corrected chi connectivity index (χ1v) is 5.28. The van der Waals surface area contributed by atoms with Crippen molar-refractivity contribution in [3.8, 4) is 5.75 Å². The van der Waals surface area contributed by atoms with Crippen LogP contribution in [0.2, 0.25) is 0 Å². The van der Waals surface area contributed by atoms with Crippen LogP contribution in [0, 0.1) is 0 Å². The molecule has 0 atom stereocenters. The molecule has 0 bridgehead atoms. The summed E-state index contributed by atoms with van der Waals surface area (Å²) in [4.78, 5) is 0. The fourth-order valence-electron chi connectivity index (χ4n) is 1.51. The minimum atomic E-state index is 0.925. The number of ether oxygens (including phenoxy) is 1. The van der Waals surface area contributed by atoms with Crippen LogP contribution in [-0.4, -0.2) is 20.7 Å². The highest BCUT2D eigenvalue weighted by molar-refractivity contribution is 5.59. The summed E-state index contributed by atoms with van der Waals surface area (Å²) in [6, 6.07) is 8.07. The minimum absolute atomic E-state index is 0.925. The van der Waals surface area contributed by atoms with Crippen molar-refractivity contribution in [3.05, 3.63) is 35.4 Å².